The molecule has 0 spiro atoms. The highest BCUT2D eigenvalue weighted by Crippen LogP contribution is 2.27. The van der Waals surface area contributed by atoms with Crippen LogP contribution >= 0.6 is 11.6 Å². The van der Waals surface area contributed by atoms with Gasteiger partial charge < -0.3 is 9.84 Å². The average molecular weight is 306 g/mol. The number of amides is 1. The molecule has 0 radical (unpaired) electrons. The number of hydrogen-bond acceptors (Lipinski definition) is 3. The average Bonchev–Trinajstić information content (AvgIpc) is 2.48. The number of ketones is 1. The van der Waals surface area contributed by atoms with Crippen LogP contribution in [0.1, 0.15) is 15.9 Å². The van der Waals surface area contributed by atoms with Crippen LogP contribution in [0.3, 0.4) is 0 Å². The fourth-order valence-electron chi connectivity index (χ4n) is 1.91. The molecule has 2 N–H and O–H groups in total. The lowest BCUT2D eigenvalue weighted by Gasteiger charge is -2.11. The largest absolute Gasteiger partial charge is 0.496 e. The number of rotatable bonds is 4. The van der Waals surface area contributed by atoms with Crippen LogP contribution in [-0.2, 0) is 0 Å². The van der Waals surface area contributed by atoms with Gasteiger partial charge in [-0.25, -0.2) is 4.79 Å². The molecule has 0 saturated heterocycles. The summed E-state index contributed by atoms with van der Waals surface area (Å²) < 4.78 is 5.15. The van der Waals surface area contributed by atoms with Crippen LogP contribution in [0.2, 0.25) is 5.02 Å². The van der Waals surface area contributed by atoms with E-state index in [0.29, 0.717) is 16.3 Å². The van der Waals surface area contributed by atoms with Gasteiger partial charge in [0.15, 0.2) is 5.78 Å². The van der Waals surface area contributed by atoms with E-state index in [1.165, 1.54) is 25.3 Å². The molecule has 0 saturated carbocycles. The van der Waals surface area contributed by atoms with Crippen LogP contribution < -0.4 is 10.1 Å². The minimum Gasteiger partial charge on any atom is -0.496 e. The van der Waals surface area contributed by atoms with Crippen molar-refractivity contribution in [1.82, 2.24) is 0 Å². The van der Waals surface area contributed by atoms with E-state index in [1.54, 1.807) is 24.3 Å². The zero-order valence-corrected chi connectivity index (χ0v) is 11.8. The van der Waals surface area contributed by atoms with Crippen LogP contribution in [0.5, 0.6) is 5.75 Å². The van der Waals surface area contributed by atoms with E-state index in [1.807, 2.05) is 0 Å². The van der Waals surface area contributed by atoms with Gasteiger partial charge in [-0.1, -0.05) is 23.7 Å². The van der Waals surface area contributed by atoms with Crippen molar-refractivity contribution >= 4 is 29.2 Å². The van der Waals surface area contributed by atoms with Crippen molar-refractivity contribution in [2.24, 2.45) is 0 Å². The van der Waals surface area contributed by atoms with Crippen molar-refractivity contribution in [2.75, 3.05) is 12.4 Å². The minimum atomic E-state index is -1.26. The zero-order valence-electron chi connectivity index (χ0n) is 11.1. The number of carbonyl (C=O) groups excluding carboxylic acids is 1. The number of anilines is 1. The van der Waals surface area contributed by atoms with E-state index in [4.69, 9.17) is 21.4 Å². The molecule has 108 valence electrons. The second kappa shape index (κ2) is 6.28. The van der Waals surface area contributed by atoms with Gasteiger partial charge in [0.1, 0.15) is 5.75 Å². The second-order valence-electron chi connectivity index (χ2n) is 4.15. The van der Waals surface area contributed by atoms with Gasteiger partial charge >= 0.3 is 6.09 Å². The summed E-state index contributed by atoms with van der Waals surface area (Å²) >= 11 is 5.90. The summed E-state index contributed by atoms with van der Waals surface area (Å²) in [4.78, 5) is 23.4. The molecule has 0 fully saturated rings. The Morgan fingerprint density at radius 3 is 2.52 bits per heavy atom. The summed E-state index contributed by atoms with van der Waals surface area (Å²) in [7, 11) is 1.46. The molecule has 2 rings (SSSR count). The molecule has 21 heavy (non-hydrogen) atoms. The molecule has 2 aromatic rings. The lowest BCUT2D eigenvalue weighted by atomic mass is 10.0. The Balaban J connectivity index is 2.52. The van der Waals surface area contributed by atoms with Gasteiger partial charge in [0.2, 0.25) is 0 Å². The Kier molecular flexibility index (Phi) is 4.45. The Hall–Kier alpha value is -2.53. The van der Waals surface area contributed by atoms with Crippen LogP contribution in [0.15, 0.2) is 42.5 Å². The quantitative estimate of drug-likeness (QED) is 0.845. The third kappa shape index (κ3) is 3.32. The fourth-order valence-corrected chi connectivity index (χ4v) is 2.08. The molecule has 5 nitrogen and oxygen atoms in total. The Morgan fingerprint density at radius 2 is 1.86 bits per heavy atom. The summed E-state index contributed by atoms with van der Waals surface area (Å²) in [5.41, 5.74) is 0.660. The number of nitrogens with one attached hydrogen (secondary N) is 1. The number of benzene rings is 2. The summed E-state index contributed by atoms with van der Waals surface area (Å²) in [6, 6.07) is 11.1. The van der Waals surface area contributed by atoms with Crippen molar-refractivity contribution in [3.05, 3.63) is 58.6 Å². The fraction of sp³-hybridized carbons (Fsp3) is 0.0667. The molecular formula is C15H12ClNO4. The summed E-state index contributed by atoms with van der Waals surface area (Å²) in [5, 5.41) is 11.4. The van der Waals surface area contributed by atoms with E-state index in [9.17, 15) is 9.59 Å². The standard InChI is InChI=1S/C15H12ClNO4/c1-21-13-5-3-2-4-10(13)14(18)11-8-9(16)6-7-12(11)17-15(19)20/h2-8,17H,1H3,(H,19,20). The summed E-state index contributed by atoms with van der Waals surface area (Å²) in [6.45, 7) is 0. The maximum absolute atomic E-state index is 12.6. The third-order valence-electron chi connectivity index (χ3n) is 2.82. The molecule has 0 aromatic heterocycles. The molecule has 0 bridgehead atoms. The molecule has 0 heterocycles. The zero-order chi connectivity index (χ0) is 15.4. The van der Waals surface area contributed by atoms with E-state index >= 15 is 0 Å². The third-order valence-corrected chi connectivity index (χ3v) is 3.05. The number of para-hydroxylation sites is 1. The Bertz CT molecular complexity index is 700. The van der Waals surface area contributed by atoms with Gasteiger partial charge in [0, 0.05) is 10.6 Å². The van der Waals surface area contributed by atoms with E-state index in [-0.39, 0.29) is 17.0 Å². The van der Waals surface area contributed by atoms with Crippen molar-refractivity contribution < 1.29 is 19.4 Å². The number of halogens is 1. The molecule has 0 atom stereocenters. The van der Waals surface area contributed by atoms with E-state index in [2.05, 4.69) is 5.32 Å². The highest BCUT2D eigenvalue weighted by atomic mass is 35.5. The predicted molar refractivity (Wildman–Crippen MR) is 79.5 cm³/mol. The SMILES string of the molecule is COc1ccccc1C(=O)c1cc(Cl)ccc1NC(=O)O. The first-order valence-electron chi connectivity index (χ1n) is 6.00. The number of carboxylic acid groups (broad SMARTS) is 1. The van der Waals surface area contributed by atoms with Crippen molar-refractivity contribution in [3.8, 4) is 5.75 Å². The number of hydrogen-bond donors (Lipinski definition) is 2. The first-order chi connectivity index (χ1) is 10.0. The smallest absolute Gasteiger partial charge is 0.409 e. The van der Waals surface area contributed by atoms with Crippen molar-refractivity contribution in [1.29, 1.82) is 0 Å². The lowest BCUT2D eigenvalue weighted by molar-refractivity contribution is 0.103. The van der Waals surface area contributed by atoms with Crippen molar-refractivity contribution in [3.63, 3.8) is 0 Å². The minimum absolute atomic E-state index is 0.161. The molecule has 1 amide bonds. The maximum Gasteiger partial charge on any atom is 0.409 e. The molecule has 6 heteroatoms. The van der Waals surface area contributed by atoms with Gasteiger partial charge in [-0.2, -0.15) is 0 Å². The van der Waals surface area contributed by atoms with Crippen LogP contribution in [0.25, 0.3) is 0 Å². The molecule has 0 aliphatic rings. The van der Waals surface area contributed by atoms with Gasteiger partial charge in [-0.3, -0.25) is 10.1 Å². The highest BCUT2D eigenvalue weighted by molar-refractivity contribution is 6.31. The predicted octanol–water partition coefficient (Wildman–Crippen LogP) is 3.67. The van der Waals surface area contributed by atoms with Gasteiger partial charge in [-0.15, -0.1) is 0 Å². The van der Waals surface area contributed by atoms with Gasteiger partial charge in [0.05, 0.1) is 18.4 Å². The first-order valence-corrected chi connectivity index (χ1v) is 6.38. The van der Waals surface area contributed by atoms with Crippen LogP contribution in [0, 0.1) is 0 Å². The lowest BCUT2D eigenvalue weighted by Crippen LogP contribution is -2.13. The topological polar surface area (TPSA) is 75.6 Å². The van der Waals surface area contributed by atoms with Crippen molar-refractivity contribution in [2.45, 2.75) is 0 Å². The summed E-state index contributed by atoms with van der Waals surface area (Å²) in [6.07, 6.45) is -1.26. The second-order valence-corrected chi connectivity index (χ2v) is 4.59. The molecule has 2 aromatic carbocycles. The highest BCUT2D eigenvalue weighted by Gasteiger charge is 2.18. The number of methoxy groups -OCH3 is 1. The first kappa shape index (κ1) is 14.9. The normalized spacial score (nSPS) is 10.0. The van der Waals surface area contributed by atoms with Gasteiger partial charge in [-0.05, 0) is 30.3 Å². The van der Waals surface area contributed by atoms with Crippen LogP contribution in [-0.4, -0.2) is 24.1 Å². The summed E-state index contributed by atoms with van der Waals surface area (Å²) in [5.74, 6) is 0.0300. The maximum atomic E-state index is 12.6. The van der Waals surface area contributed by atoms with E-state index in [0.717, 1.165) is 0 Å². The monoisotopic (exact) mass is 305 g/mol. The molecule has 0 aliphatic heterocycles. The number of carbonyl (C=O) groups is 2. The molecular weight excluding hydrogens is 294 g/mol. The number of ether oxygens (including phenoxy) is 1. The Morgan fingerprint density at radius 1 is 1.14 bits per heavy atom. The molecule has 0 unspecified atom stereocenters. The Labute approximate surface area is 126 Å². The van der Waals surface area contributed by atoms with Gasteiger partial charge in [0.25, 0.3) is 0 Å². The molecule has 0 aliphatic carbocycles. The van der Waals surface area contributed by atoms with Crippen LogP contribution in [0.4, 0.5) is 10.5 Å². The van der Waals surface area contributed by atoms with E-state index < -0.39 is 6.09 Å².